The number of nitrogens with one attached hydrogen (secondary N) is 1. The van der Waals surface area contributed by atoms with Crippen LogP contribution >= 0.6 is 11.6 Å². The maximum Gasteiger partial charge on any atom is 0.247 e. The van der Waals surface area contributed by atoms with Crippen LogP contribution in [0.1, 0.15) is 17.5 Å². The molecule has 0 saturated carbocycles. The largest absolute Gasteiger partial charge is 0.324 e. The number of hydrogen-bond donors (Lipinski definition) is 1. The first-order chi connectivity index (χ1) is 14.1. The zero-order valence-electron chi connectivity index (χ0n) is 15.7. The van der Waals surface area contributed by atoms with Crippen LogP contribution in [0, 0.1) is 0 Å². The Hall–Kier alpha value is -3.18. The second-order valence-corrected chi connectivity index (χ2v) is 7.36. The highest BCUT2D eigenvalue weighted by Gasteiger charge is 2.35. The van der Waals surface area contributed by atoms with Crippen LogP contribution in [0.15, 0.2) is 72.9 Å². The molecule has 2 heterocycles. The van der Waals surface area contributed by atoms with Crippen molar-refractivity contribution in [3.05, 3.63) is 89.2 Å². The lowest BCUT2D eigenvalue weighted by Crippen LogP contribution is -2.50. The third-order valence-corrected chi connectivity index (χ3v) is 5.23. The Morgan fingerprint density at radius 3 is 2.55 bits per heavy atom. The van der Waals surface area contributed by atoms with E-state index in [4.69, 9.17) is 11.6 Å². The maximum atomic E-state index is 13.3. The highest BCUT2D eigenvalue weighted by molar-refractivity contribution is 6.29. The van der Waals surface area contributed by atoms with Crippen molar-refractivity contribution >= 4 is 34.8 Å². The van der Waals surface area contributed by atoms with E-state index in [0.29, 0.717) is 17.3 Å². The van der Waals surface area contributed by atoms with Crippen molar-refractivity contribution in [3.8, 4) is 0 Å². The zero-order chi connectivity index (χ0) is 20.2. The van der Waals surface area contributed by atoms with Crippen molar-refractivity contribution in [1.82, 2.24) is 4.98 Å². The van der Waals surface area contributed by atoms with E-state index in [1.54, 1.807) is 23.2 Å². The summed E-state index contributed by atoms with van der Waals surface area (Å²) >= 11 is 5.85. The molecule has 1 atom stereocenters. The molecule has 0 bridgehead atoms. The molecule has 29 heavy (non-hydrogen) atoms. The average molecular weight is 406 g/mol. The predicted octanol–water partition coefficient (Wildman–Crippen LogP) is 4.26. The molecule has 4 rings (SSSR count). The molecule has 1 aliphatic heterocycles. The molecule has 1 unspecified atom stereocenters. The van der Waals surface area contributed by atoms with Gasteiger partial charge in [0.2, 0.25) is 11.8 Å². The second kappa shape index (κ2) is 8.45. The topological polar surface area (TPSA) is 62.3 Å². The van der Waals surface area contributed by atoms with Gasteiger partial charge in [0.15, 0.2) is 0 Å². The summed E-state index contributed by atoms with van der Waals surface area (Å²) in [5.74, 6) is -0.331. The zero-order valence-corrected chi connectivity index (χ0v) is 16.5. The number of carbonyl (C=O) groups excluding carboxylic acids is 2. The number of halogens is 1. The van der Waals surface area contributed by atoms with Gasteiger partial charge in [-0.3, -0.25) is 14.5 Å². The van der Waals surface area contributed by atoms with E-state index >= 15 is 0 Å². The molecule has 0 spiro atoms. The molecule has 2 aromatic carbocycles. The van der Waals surface area contributed by atoms with Crippen LogP contribution in [0.25, 0.3) is 0 Å². The van der Waals surface area contributed by atoms with Crippen molar-refractivity contribution in [2.24, 2.45) is 0 Å². The van der Waals surface area contributed by atoms with Gasteiger partial charge in [0.1, 0.15) is 11.2 Å². The molecule has 146 valence electrons. The van der Waals surface area contributed by atoms with E-state index < -0.39 is 6.04 Å². The number of aryl methyl sites for hydroxylation is 1. The first kappa shape index (κ1) is 19.2. The van der Waals surface area contributed by atoms with Gasteiger partial charge < -0.3 is 5.32 Å². The summed E-state index contributed by atoms with van der Waals surface area (Å²) in [4.78, 5) is 32.0. The highest BCUT2D eigenvalue weighted by Crippen LogP contribution is 2.32. The van der Waals surface area contributed by atoms with Crippen LogP contribution in [0.2, 0.25) is 5.15 Å². The van der Waals surface area contributed by atoms with Crippen LogP contribution < -0.4 is 10.2 Å². The van der Waals surface area contributed by atoms with E-state index in [2.05, 4.69) is 10.3 Å². The Kier molecular flexibility index (Phi) is 5.58. The van der Waals surface area contributed by atoms with Crippen molar-refractivity contribution in [1.29, 1.82) is 0 Å². The summed E-state index contributed by atoms with van der Waals surface area (Å²) in [5.41, 5.74) is 3.33. The minimum atomic E-state index is -0.571. The molecular weight excluding hydrogens is 386 g/mol. The van der Waals surface area contributed by atoms with E-state index in [9.17, 15) is 9.59 Å². The minimum absolute atomic E-state index is 0.144. The highest BCUT2D eigenvalue weighted by atomic mass is 35.5. The van der Waals surface area contributed by atoms with E-state index in [1.165, 1.54) is 0 Å². The van der Waals surface area contributed by atoms with Crippen molar-refractivity contribution < 1.29 is 9.59 Å². The molecule has 1 aromatic heterocycles. The number of fused-ring (bicyclic) bond motifs is 1. The van der Waals surface area contributed by atoms with E-state index in [1.807, 2.05) is 54.6 Å². The molecule has 0 aliphatic carbocycles. The van der Waals surface area contributed by atoms with Crippen LogP contribution in [-0.2, 0) is 22.4 Å². The third kappa shape index (κ3) is 4.30. The molecule has 0 fully saturated rings. The maximum absolute atomic E-state index is 13.3. The molecule has 3 aromatic rings. The molecule has 2 amide bonds. The number of para-hydroxylation sites is 2. The van der Waals surface area contributed by atoms with Gasteiger partial charge in [0.25, 0.3) is 0 Å². The number of anilines is 2. The molecule has 0 radical (unpaired) electrons. The Morgan fingerprint density at radius 1 is 1.03 bits per heavy atom. The number of aromatic nitrogens is 1. The Labute approximate surface area is 174 Å². The van der Waals surface area contributed by atoms with Gasteiger partial charge in [-0.1, -0.05) is 54.1 Å². The minimum Gasteiger partial charge on any atom is -0.324 e. The fourth-order valence-electron chi connectivity index (χ4n) is 3.62. The predicted molar refractivity (Wildman–Crippen MR) is 114 cm³/mol. The number of carbonyl (C=O) groups is 2. The third-order valence-electron chi connectivity index (χ3n) is 5.01. The summed E-state index contributed by atoms with van der Waals surface area (Å²) in [6.07, 6.45) is 3.05. The molecule has 1 N–H and O–H groups in total. The van der Waals surface area contributed by atoms with Gasteiger partial charge in [0, 0.05) is 17.6 Å². The van der Waals surface area contributed by atoms with Crippen molar-refractivity contribution in [2.75, 3.05) is 10.2 Å². The molecule has 0 saturated heterocycles. The van der Waals surface area contributed by atoms with Gasteiger partial charge in [-0.2, -0.15) is 0 Å². The van der Waals surface area contributed by atoms with Crippen LogP contribution in [0.3, 0.4) is 0 Å². The number of hydrogen-bond acceptors (Lipinski definition) is 3. The first-order valence-electron chi connectivity index (χ1n) is 9.48. The Balaban J connectivity index is 1.62. The summed E-state index contributed by atoms with van der Waals surface area (Å²) in [6.45, 7) is 0. The lowest BCUT2D eigenvalue weighted by molar-refractivity contribution is -0.123. The van der Waals surface area contributed by atoms with Crippen LogP contribution in [0.5, 0.6) is 0 Å². The average Bonchev–Trinajstić information content (AvgIpc) is 2.75. The fraction of sp³-hybridized carbons (Fsp3) is 0.174. The normalized spacial score (nSPS) is 15.5. The number of nitrogens with zero attached hydrogens (tertiary/aromatic N) is 2. The van der Waals surface area contributed by atoms with Gasteiger partial charge >= 0.3 is 0 Å². The fourth-order valence-corrected chi connectivity index (χ4v) is 3.73. The van der Waals surface area contributed by atoms with Crippen molar-refractivity contribution in [3.63, 3.8) is 0 Å². The quantitative estimate of drug-likeness (QED) is 0.659. The van der Waals surface area contributed by atoms with Crippen LogP contribution in [-0.4, -0.2) is 22.8 Å². The number of amides is 2. The summed E-state index contributed by atoms with van der Waals surface area (Å²) in [7, 11) is 0. The van der Waals surface area contributed by atoms with Gasteiger partial charge in [-0.05, 0) is 48.2 Å². The second-order valence-electron chi connectivity index (χ2n) is 6.97. The Morgan fingerprint density at radius 2 is 1.79 bits per heavy atom. The lowest BCUT2D eigenvalue weighted by atomic mass is 9.94. The smallest absolute Gasteiger partial charge is 0.247 e. The lowest BCUT2D eigenvalue weighted by Gasteiger charge is -2.36. The first-order valence-corrected chi connectivity index (χ1v) is 9.86. The van der Waals surface area contributed by atoms with Gasteiger partial charge in [-0.25, -0.2) is 4.98 Å². The molecule has 5 nitrogen and oxygen atoms in total. The molecular formula is C23H20ClN3O2. The monoisotopic (exact) mass is 405 g/mol. The van der Waals surface area contributed by atoms with Gasteiger partial charge in [-0.15, -0.1) is 0 Å². The summed E-state index contributed by atoms with van der Waals surface area (Å²) < 4.78 is 0. The molecule has 6 heteroatoms. The Bertz CT molecular complexity index is 1020. The van der Waals surface area contributed by atoms with E-state index in [0.717, 1.165) is 23.2 Å². The summed E-state index contributed by atoms with van der Waals surface area (Å²) in [6, 6.07) is 19.9. The van der Waals surface area contributed by atoms with E-state index in [-0.39, 0.29) is 18.2 Å². The molecule has 1 aliphatic rings. The van der Waals surface area contributed by atoms with Gasteiger partial charge in [0.05, 0.1) is 6.42 Å². The van der Waals surface area contributed by atoms with Crippen molar-refractivity contribution in [2.45, 2.75) is 25.3 Å². The van der Waals surface area contributed by atoms with Crippen LogP contribution in [0.4, 0.5) is 11.4 Å². The number of benzene rings is 2. The number of rotatable bonds is 4. The number of pyridine rings is 1. The summed E-state index contributed by atoms with van der Waals surface area (Å²) in [5, 5.41) is 3.32. The SMILES string of the molecule is O=C(Nc1ccccc1)C1CCc2ccccc2N1C(=O)Cc1ccc(Cl)nc1. The standard InChI is InChI=1S/C23H20ClN3O2/c24-21-13-10-16(15-25-21)14-22(28)27-19-9-5-4-6-17(19)11-12-20(27)23(29)26-18-7-2-1-3-8-18/h1-10,13,15,20H,11-12,14H2,(H,26,29).